The Morgan fingerprint density at radius 3 is 2.58 bits per heavy atom. The number of benzene rings is 1. The molecule has 1 atom stereocenters. The molecule has 26 heavy (non-hydrogen) atoms. The van der Waals surface area contributed by atoms with Gasteiger partial charge < -0.3 is 10.3 Å². The molecule has 1 heterocycles. The van der Waals surface area contributed by atoms with Crippen LogP contribution in [-0.2, 0) is 4.79 Å². The molecule has 138 valence electrons. The number of nitrogens with zero attached hydrogens (tertiary/aromatic N) is 1. The molecule has 0 unspecified atom stereocenters. The van der Waals surface area contributed by atoms with Crippen LogP contribution in [0.4, 0.5) is 0 Å². The van der Waals surface area contributed by atoms with Crippen molar-refractivity contribution in [2.75, 3.05) is 5.75 Å². The van der Waals surface area contributed by atoms with Crippen molar-refractivity contribution >= 4 is 28.7 Å². The molecule has 2 aromatic rings. The van der Waals surface area contributed by atoms with Gasteiger partial charge in [0.2, 0.25) is 5.91 Å². The number of thioether (sulfide) groups is 1. The van der Waals surface area contributed by atoms with Crippen molar-refractivity contribution in [2.24, 2.45) is 23.7 Å². The summed E-state index contributed by atoms with van der Waals surface area (Å²) in [5.41, 5.74) is 2.06. The maximum absolute atomic E-state index is 12.6. The maximum atomic E-state index is 12.6. The molecular formula is C21H27N3OS. The molecule has 1 aromatic carbocycles. The van der Waals surface area contributed by atoms with E-state index in [9.17, 15) is 4.79 Å². The second kappa shape index (κ2) is 6.59. The van der Waals surface area contributed by atoms with Crippen LogP contribution in [0.25, 0.3) is 11.0 Å². The fourth-order valence-electron chi connectivity index (χ4n) is 5.83. The first kappa shape index (κ1) is 16.7. The standard InChI is InChI=1S/C21H27N3OS/c1-12(21-22-17-4-2-3-5-18(17)23-21)26-11-19(25)24-20-15-7-13-6-14(9-15)10-16(20)8-13/h2-5,12-16,20H,6-11H2,1H3,(H,22,23)(H,24,25)/t12-,13?,14?,15?,16?,20?/m1/s1. The zero-order chi connectivity index (χ0) is 17.7. The summed E-state index contributed by atoms with van der Waals surface area (Å²) >= 11 is 1.67. The predicted octanol–water partition coefficient (Wildman–Crippen LogP) is 4.30. The van der Waals surface area contributed by atoms with Crippen LogP contribution >= 0.6 is 11.8 Å². The number of carbonyl (C=O) groups excluding carboxylic acids is 1. The Labute approximate surface area is 158 Å². The van der Waals surface area contributed by atoms with Gasteiger partial charge in [-0.05, 0) is 74.8 Å². The lowest BCUT2D eigenvalue weighted by Crippen LogP contribution is -2.56. The lowest BCUT2D eigenvalue weighted by molar-refractivity contribution is -0.122. The molecule has 4 saturated carbocycles. The second-order valence-corrected chi connectivity index (χ2v) is 9.95. The van der Waals surface area contributed by atoms with Crippen molar-refractivity contribution in [3.05, 3.63) is 30.1 Å². The minimum Gasteiger partial charge on any atom is -0.352 e. The predicted molar refractivity (Wildman–Crippen MR) is 106 cm³/mol. The number of carbonyl (C=O) groups is 1. The molecule has 1 amide bonds. The van der Waals surface area contributed by atoms with E-state index >= 15 is 0 Å². The summed E-state index contributed by atoms with van der Waals surface area (Å²) in [4.78, 5) is 20.6. The smallest absolute Gasteiger partial charge is 0.230 e. The van der Waals surface area contributed by atoms with Gasteiger partial charge in [0.05, 0.1) is 22.0 Å². The van der Waals surface area contributed by atoms with Crippen LogP contribution in [0.1, 0.15) is 50.1 Å². The van der Waals surface area contributed by atoms with Gasteiger partial charge in [0.25, 0.3) is 0 Å². The lowest BCUT2D eigenvalue weighted by Gasteiger charge is -2.54. The first-order valence-electron chi connectivity index (χ1n) is 10.0. The Bertz CT molecular complexity index is 755. The highest BCUT2D eigenvalue weighted by molar-refractivity contribution is 8.00. The number of nitrogens with one attached hydrogen (secondary N) is 2. The molecule has 1 aromatic heterocycles. The molecule has 4 aliphatic rings. The van der Waals surface area contributed by atoms with E-state index < -0.39 is 0 Å². The van der Waals surface area contributed by atoms with E-state index in [1.54, 1.807) is 11.8 Å². The Morgan fingerprint density at radius 1 is 1.19 bits per heavy atom. The largest absolute Gasteiger partial charge is 0.352 e. The molecule has 4 fully saturated rings. The van der Waals surface area contributed by atoms with Crippen molar-refractivity contribution < 1.29 is 4.79 Å². The van der Waals surface area contributed by atoms with E-state index in [1.807, 2.05) is 24.3 Å². The molecule has 0 saturated heterocycles. The first-order valence-corrected chi connectivity index (χ1v) is 11.1. The third-order valence-corrected chi connectivity index (χ3v) is 7.96. The summed E-state index contributed by atoms with van der Waals surface area (Å²) in [6.45, 7) is 2.12. The van der Waals surface area contributed by atoms with E-state index in [-0.39, 0.29) is 11.2 Å². The van der Waals surface area contributed by atoms with Gasteiger partial charge in [-0.25, -0.2) is 4.98 Å². The third-order valence-electron chi connectivity index (χ3n) is 6.81. The number of aromatic amines is 1. The summed E-state index contributed by atoms with van der Waals surface area (Å²) in [6.07, 6.45) is 6.85. The summed E-state index contributed by atoms with van der Waals surface area (Å²) in [6, 6.07) is 8.52. The summed E-state index contributed by atoms with van der Waals surface area (Å²) in [5, 5.41) is 3.59. The number of fused-ring (bicyclic) bond motifs is 1. The average molecular weight is 370 g/mol. The highest BCUT2D eigenvalue weighted by Gasteiger charge is 2.48. The van der Waals surface area contributed by atoms with Crippen molar-refractivity contribution in [1.29, 1.82) is 0 Å². The topological polar surface area (TPSA) is 57.8 Å². The SMILES string of the molecule is C[C@@H](SCC(=O)NC1C2CC3CC(C2)CC1C3)c1nc2ccccc2[nH]1. The van der Waals surface area contributed by atoms with Crippen LogP contribution in [-0.4, -0.2) is 27.7 Å². The molecule has 0 aliphatic heterocycles. The number of hydrogen-bond donors (Lipinski definition) is 2. The minimum atomic E-state index is 0.187. The molecule has 4 nitrogen and oxygen atoms in total. The molecule has 4 aliphatic carbocycles. The summed E-state index contributed by atoms with van der Waals surface area (Å²) in [5.74, 6) is 5.07. The zero-order valence-electron chi connectivity index (χ0n) is 15.3. The van der Waals surface area contributed by atoms with Gasteiger partial charge in [-0.3, -0.25) is 4.79 Å². The number of para-hydroxylation sites is 2. The number of amides is 1. The molecule has 4 bridgehead atoms. The van der Waals surface area contributed by atoms with Crippen molar-refractivity contribution in [1.82, 2.24) is 15.3 Å². The Balaban J connectivity index is 1.17. The number of H-pyrrole nitrogens is 1. The van der Waals surface area contributed by atoms with Gasteiger partial charge >= 0.3 is 0 Å². The van der Waals surface area contributed by atoms with Crippen molar-refractivity contribution in [3.8, 4) is 0 Å². The maximum Gasteiger partial charge on any atom is 0.230 e. The van der Waals surface area contributed by atoms with E-state index in [0.29, 0.717) is 11.8 Å². The fraction of sp³-hybridized carbons (Fsp3) is 0.619. The average Bonchev–Trinajstić information content (AvgIpc) is 3.06. The van der Waals surface area contributed by atoms with E-state index in [4.69, 9.17) is 0 Å². The van der Waals surface area contributed by atoms with Crippen LogP contribution in [0, 0.1) is 23.7 Å². The molecule has 0 radical (unpaired) electrons. The monoisotopic (exact) mass is 369 g/mol. The van der Waals surface area contributed by atoms with Gasteiger partial charge in [-0.2, -0.15) is 0 Å². The van der Waals surface area contributed by atoms with Gasteiger partial charge in [-0.15, -0.1) is 11.8 Å². The molecule has 6 rings (SSSR count). The van der Waals surface area contributed by atoms with Gasteiger partial charge in [0, 0.05) is 6.04 Å². The number of rotatable bonds is 5. The van der Waals surface area contributed by atoms with E-state index in [1.165, 1.54) is 32.1 Å². The quantitative estimate of drug-likeness (QED) is 0.826. The van der Waals surface area contributed by atoms with Gasteiger partial charge in [-0.1, -0.05) is 12.1 Å². The Morgan fingerprint density at radius 2 is 1.88 bits per heavy atom. The van der Waals surface area contributed by atoms with Gasteiger partial charge in [0.15, 0.2) is 0 Å². The highest BCUT2D eigenvalue weighted by atomic mass is 32.2. The normalized spacial score (nSPS) is 33.5. The Kier molecular flexibility index (Phi) is 4.23. The van der Waals surface area contributed by atoms with Crippen molar-refractivity contribution in [3.63, 3.8) is 0 Å². The number of imidazole rings is 1. The zero-order valence-corrected chi connectivity index (χ0v) is 16.1. The first-order chi connectivity index (χ1) is 12.7. The third kappa shape index (κ3) is 3.04. The van der Waals surface area contributed by atoms with Gasteiger partial charge in [0.1, 0.15) is 5.82 Å². The van der Waals surface area contributed by atoms with E-state index in [0.717, 1.165) is 40.5 Å². The molecule has 0 spiro atoms. The molecule has 2 N–H and O–H groups in total. The van der Waals surface area contributed by atoms with Crippen LogP contribution in [0.3, 0.4) is 0 Å². The van der Waals surface area contributed by atoms with Crippen LogP contribution in [0.2, 0.25) is 0 Å². The second-order valence-electron chi connectivity index (χ2n) is 8.62. The van der Waals surface area contributed by atoms with Crippen molar-refractivity contribution in [2.45, 2.75) is 50.3 Å². The minimum absolute atomic E-state index is 0.187. The van der Waals surface area contributed by atoms with Crippen LogP contribution in [0.15, 0.2) is 24.3 Å². The van der Waals surface area contributed by atoms with Crippen LogP contribution in [0.5, 0.6) is 0 Å². The van der Waals surface area contributed by atoms with Crippen LogP contribution < -0.4 is 5.32 Å². The highest BCUT2D eigenvalue weighted by Crippen LogP contribution is 2.53. The number of hydrogen-bond acceptors (Lipinski definition) is 3. The fourth-order valence-corrected chi connectivity index (χ4v) is 6.59. The molecule has 5 heteroatoms. The lowest BCUT2D eigenvalue weighted by atomic mass is 9.54. The summed E-state index contributed by atoms with van der Waals surface area (Å²) in [7, 11) is 0. The van der Waals surface area contributed by atoms with E-state index in [2.05, 4.69) is 22.2 Å². The number of aromatic nitrogens is 2. The summed E-state index contributed by atoms with van der Waals surface area (Å²) < 4.78 is 0. The Hall–Kier alpha value is -1.49. The molecular weight excluding hydrogens is 342 g/mol.